The molecule has 0 aliphatic heterocycles. The van der Waals surface area contributed by atoms with E-state index in [0.717, 1.165) is 10.0 Å². The lowest BCUT2D eigenvalue weighted by molar-refractivity contribution is -0.250. The Bertz CT molecular complexity index is 475. The Labute approximate surface area is 123 Å². The minimum Gasteiger partial charge on any atom is -0.379 e. The fourth-order valence-corrected chi connectivity index (χ4v) is 1.89. The number of carbonyl (C=O) groups is 1. The second kappa shape index (κ2) is 6.58. The molecule has 0 fully saturated rings. The van der Waals surface area contributed by atoms with Crippen molar-refractivity contribution in [3.8, 4) is 0 Å². The number of benzene rings is 1. The van der Waals surface area contributed by atoms with Crippen LogP contribution in [0, 0.1) is 0 Å². The SMILES string of the molecule is C[C@@](O)(CNC(=O)CCc1ccccc1Br)C(F)(F)F. The molecule has 2 N–H and O–H groups in total. The van der Waals surface area contributed by atoms with Gasteiger partial charge < -0.3 is 10.4 Å². The van der Waals surface area contributed by atoms with Gasteiger partial charge in [-0.15, -0.1) is 0 Å². The molecule has 1 rings (SSSR count). The summed E-state index contributed by atoms with van der Waals surface area (Å²) in [5.74, 6) is -0.537. The molecular weight excluding hydrogens is 339 g/mol. The molecule has 1 amide bonds. The topological polar surface area (TPSA) is 49.3 Å². The molecule has 3 nitrogen and oxygen atoms in total. The molecule has 0 bridgehead atoms. The van der Waals surface area contributed by atoms with Crippen molar-refractivity contribution in [1.82, 2.24) is 5.32 Å². The van der Waals surface area contributed by atoms with E-state index in [0.29, 0.717) is 13.3 Å². The number of nitrogens with one attached hydrogen (secondary N) is 1. The number of hydrogen-bond acceptors (Lipinski definition) is 2. The molecule has 112 valence electrons. The number of amides is 1. The smallest absolute Gasteiger partial charge is 0.379 e. The van der Waals surface area contributed by atoms with E-state index in [-0.39, 0.29) is 6.42 Å². The van der Waals surface area contributed by atoms with Gasteiger partial charge in [-0.05, 0) is 25.0 Å². The zero-order valence-electron chi connectivity index (χ0n) is 10.8. The highest BCUT2D eigenvalue weighted by Crippen LogP contribution is 2.29. The van der Waals surface area contributed by atoms with Crippen LogP contribution in [0.3, 0.4) is 0 Å². The average molecular weight is 354 g/mol. The van der Waals surface area contributed by atoms with E-state index in [2.05, 4.69) is 21.2 Å². The summed E-state index contributed by atoms with van der Waals surface area (Å²) in [5, 5.41) is 11.3. The number of rotatable bonds is 5. The van der Waals surface area contributed by atoms with Crippen LogP contribution in [0.5, 0.6) is 0 Å². The largest absolute Gasteiger partial charge is 0.418 e. The minimum atomic E-state index is -4.78. The van der Waals surface area contributed by atoms with Crippen LogP contribution in [0.15, 0.2) is 28.7 Å². The van der Waals surface area contributed by atoms with Crippen molar-refractivity contribution in [2.45, 2.75) is 31.5 Å². The number of aryl methyl sites for hydroxylation is 1. The van der Waals surface area contributed by atoms with Gasteiger partial charge in [-0.2, -0.15) is 13.2 Å². The van der Waals surface area contributed by atoms with Crippen molar-refractivity contribution >= 4 is 21.8 Å². The first-order chi connectivity index (χ1) is 9.13. The van der Waals surface area contributed by atoms with Crippen molar-refractivity contribution in [2.24, 2.45) is 0 Å². The zero-order chi connectivity index (χ0) is 15.4. The maximum absolute atomic E-state index is 12.4. The molecule has 0 aliphatic rings. The van der Waals surface area contributed by atoms with Crippen LogP contribution in [0.1, 0.15) is 18.9 Å². The zero-order valence-corrected chi connectivity index (χ0v) is 12.4. The highest BCUT2D eigenvalue weighted by Gasteiger charge is 2.49. The first-order valence-electron chi connectivity index (χ1n) is 5.93. The van der Waals surface area contributed by atoms with Gasteiger partial charge in [-0.25, -0.2) is 0 Å². The Morgan fingerprint density at radius 3 is 2.50 bits per heavy atom. The summed E-state index contributed by atoms with van der Waals surface area (Å²) in [4.78, 5) is 11.5. The molecule has 0 radical (unpaired) electrons. The molecule has 7 heteroatoms. The van der Waals surface area contributed by atoms with Gasteiger partial charge in [-0.1, -0.05) is 34.1 Å². The maximum atomic E-state index is 12.4. The highest BCUT2D eigenvalue weighted by atomic mass is 79.9. The van der Waals surface area contributed by atoms with Gasteiger partial charge in [0.15, 0.2) is 5.60 Å². The van der Waals surface area contributed by atoms with Crippen LogP contribution in [0.2, 0.25) is 0 Å². The lowest BCUT2D eigenvalue weighted by atomic mass is 10.1. The molecule has 20 heavy (non-hydrogen) atoms. The Hall–Kier alpha value is -1.08. The molecule has 0 spiro atoms. The van der Waals surface area contributed by atoms with Crippen LogP contribution in [0.4, 0.5) is 13.2 Å². The van der Waals surface area contributed by atoms with E-state index in [1.54, 1.807) is 0 Å². The molecular formula is C13H15BrF3NO2. The lowest BCUT2D eigenvalue weighted by Crippen LogP contribution is -2.51. The van der Waals surface area contributed by atoms with Crippen molar-refractivity contribution in [2.75, 3.05) is 6.54 Å². The number of aliphatic hydroxyl groups is 1. The van der Waals surface area contributed by atoms with E-state index < -0.39 is 24.2 Å². The number of hydrogen-bond donors (Lipinski definition) is 2. The fraction of sp³-hybridized carbons (Fsp3) is 0.462. The molecule has 0 unspecified atom stereocenters. The summed E-state index contributed by atoms with van der Waals surface area (Å²) in [6.45, 7) is -0.230. The molecule has 1 aromatic rings. The van der Waals surface area contributed by atoms with Crippen LogP contribution >= 0.6 is 15.9 Å². The standard InChI is InChI=1S/C13H15BrF3NO2/c1-12(20,13(15,16)17)8-18-11(19)7-6-9-4-2-3-5-10(9)14/h2-5,20H,6-8H2,1H3,(H,18,19)/t12-/m1/s1. The Morgan fingerprint density at radius 1 is 1.35 bits per heavy atom. The summed E-state index contributed by atoms with van der Waals surface area (Å²) in [7, 11) is 0. The van der Waals surface area contributed by atoms with Crippen LogP contribution in [0.25, 0.3) is 0 Å². The predicted molar refractivity (Wildman–Crippen MR) is 72.2 cm³/mol. The van der Waals surface area contributed by atoms with E-state index in [1.807, 2.05) is 24.3 Å². The summed E-state index contributed by atoms with van der Waals surface area (Å²) < 4.78 is 38.0. The first-order valence-corrected chi connectivity index (χ1v) is 6.72. The van der Waals surface area contributed by atoms with Crippen molar-refractivity contribution in [3.05, 3.63) is 34.3 Å². The van der Waals surface area contributed by atoms with Crippen molar-refractivity contribution in [3.63, 3.8) is 0 Å². The Balaban J connectivity index is 2.44. The highest BCUT2D eigenvalue weighted by molar-refractivity contribution is 9.10. The van der Waals surface area contributed by atoms with Gasteiger partial charge in [0.05, 0.1) is 6.54 Å². The summed E-state index contributed by atoms with van der Waals surface area (Å²) >= 11 is 3.32. The number of carbonyl (C=O) groups excluding carboxylic acids is 1. The van der Waals surface area contributed by atoms with Crippen LogP contribution in [-0.4, -0.2) is 29.3 Å². The third-order valence-corrected chi connectivity index (χ3v) is 3.59. The quantitative estimate of drug-likeness (QED) is 0.855. The van der Waals surface area contributed by atoms with Gasteiger partial charge in [0.1, 0.15) is 0 Å². The maximum Gasteiger partial charge on any atom is 0.418 e. The van der Waals surface area contributed by atoms with Gasteiger partial charge in [0.25, 0.3) is 0 Å². The van der Waals surface area contributed by atoms with Gasteiger partial charge >= 0.3 is 6.18 Å². The molecule has 1 atom stereocenters. The minimum absolute atomic E-state index is 0.0521. The van der Waals surface area contributed by atoms with Crippen LogP contribution < -0.4 is 5.32 Å². The first kappa shape index (κ1) is 17.0. The fourth-order valence-electron chi connectivity index (χ4n) is 1.41. The van der Waals surface area contributed by atoms with Gasteiger partial charge in [0, 0.05) is 10.9 Å². The third kappa shape index (κ3) is 4.79. The summed E-state index contributed by atoms with van der Waals surface area (Å²) in [6.07, 6.45) is -4.32. The Kier molecular flexibility index (Phi) is 5.59. The number of halogens is 4. The second-order valence-electron chi connectivity index (χ2n) is 4.64. The lowest BCUT2D eigenvalue weighted by Gasteiger charge is -2.26. The monoisotopic (exact) mass is 353 g/mol. The molecule has 0 aliphatic carbocycles. The second-order valence-corrected chi connectivity index (χ2v) is 5.49. The van der Waals surface area contributed by atoms with E-state index in [9.17, 15) is 23.1 Å². The van der Waals surface area contributed by atoms with Gasteiger partial charge in [0.2, 0.25) is 5.91 Å². The van der Waals surface area contributed by atoms with E-state index in [1.165, 1.54) is 0 Å². The molecule has 0 saturated carbocycles. The van der Waals surface area contributed by atoms with Crippen molar-refractivity contribution in [1.29, 1.82) is 0 Å². The van der Waals surface area contributed by atoms with Crippen molar-refractivity contribution < 1.29 is 23.1 Å². The average Bonchev–Trinajstić information content (AvgIpc) is 2.34. The number of alkyl halides is 3. The van der Waals surface area contributed by atoms with E-state index in [4.69, 9.17) is 0 Å². The normalized spacial score (nSPS) is 14.7. The molecule has 0 aromatic heterocycles. The van der Waals surface area contributed by atoms with Crippen LogP contribution in [-0.2, 0) is 11.2 Å². The summed E-state index contributed by atoms with van der Waals surface area (Å²) in [5.41, 5.74) is -2.03. The molecule has 1 aromatic carbocycles. The third-order valence-electron chi connectivity index (χ3n) is 2.82. The van der Waals surface area contributed by atoms with Gasteiger partial charge in [-0.3, -0.25) is 4.79 Å². The molecule has 0 heterocycles. The summed E-state index contributed by atoms with van der Waals surface area (Å²) in [6, 6.07) is 7.28. The molecule has 0 saturated heterocycles. The Morgan fingerprint density at radius 2 is 1.95 bits per heavy atom. The van der Waals surface area contributed by atoms with E-state index >= 15 is 0 Å². The predicted octanol–water partition coefficient (Wildman–Crippen LogP) is 2.81.